The largest absolute Gasteiger partial charge is 0.252 e. The van der Waals surface area contributed by atoms with E-state index < -0.39 is 0 Å². The molecule has 0 amide bonds. The predicted molar refractivity (Wildman–Crippen MR) is 52.5 cm³/mol. The van der Waals surface area contributed by atoms with Crippen LogP contribution in [0.4, 0.5) is 0 Å². The highest BCUT2D eigenvalue weighted by molar-refractivity contribution is 5.14. The van der Waals surface area contributed by atoms with E-state index in [0.717, 1.165) is 12.8 Å². The van der Waals surface area contributed by atoms with Crippen molar-refractivity contribution in [1.29, 1.82) is 0 Å². The summed E-state index contributed by atoms with van der Waals surface area (Å²) < 4.78 is 0. The van der Waals surface area contributed by atoms with Gasteiger partial charge in [0, 0.05) is 0 Å². The highest BCUT2D eigenvalue weighted by Gasteiger charge is 2.02. The van der Waals surface area contributed by atoms with Crippen LogP contribution >= 0.6 is 0 Å². The molecule has 1 rings (SSSR count). The molecule has 1 aromatic rings. The average molecular weight is 180 g/mol. The van der Waals surface area contributed by atoms with E-state index in [9.17, 15) is 0 Å². The first kappa shape index (κ1) is 10.2. The molecular formula is C11H16O2. The van der Waals surface area contributed by atoms with Crippen LogP contribution in [-0.4, -0.2) is 11.9 Å². The summed E-state index contributed by atoms with van der Waals surface area (Å²) in [7, 11) is 0. The van der Waals surface area contributed by atoms with Crippen LogP contribution in [0.15, 0.2) is 30.3 Å². The molecule has 0 radical (unpaired) electrons. The molecule has 0 aliphatic heterocycles. The maximum Gasteiger partial charge on any atom is 0.0822 e. The van der Waals surface area contributed by atoms with E-state index in [1.807, 2.05) is 18.2 Å². The van der Waals surface area contributed by atoms with Crippen molar-refractivity contribution >= 4 is 0 Å². The molecule has 0 heterocycles. The third-order valence-electron chi connectivity index (χ3n) is 2.13. The highest BCUT2D eigenvalue weighted by Crippen LogP contribution is 2.11. The summed E-state index contributed by atoms with van der Waals surface area (Å²) in [4.78, 5) is 4.05. The minimum atomic E-state index is 0.425. The Morgan fingerprint density at radius 3 is 2.62 bits per heavy atom. The van der Waals surface area contributed by atoms with Gasteiger partial charge in [0.05, 0.1) is 6.61 Å². The Morgan fingerprint density at radius 1 is 1.31 bits per heavy atom. The van der Waals surface area contributed by atoms with E-state index in [1.165, 1.54) is 5.56 Å². The summed E-state index contributed by atoms with van der Waals surface area (Å²) in [5.41, 5.74) is 1.34. The van der Waals surface area contributed by atoms with Crippen LogP contribution in [0.25, 0.3) is 0 Å². The molecule has 0 aromatic heterocycles. The smallest absolute Gasteiger partial charge is 0.0822 e. The van der Waals surface area contributed by atoms with E-state index in [4.69, 9.17) is 5.26 Å². The van der Waals surface area contributed by atoms with Gasteiger partial charge in [-0.2, -0.15) is 0 Å². The summed E-state index contributed by atoms with van der Waals surface area (Å²) in [5, 5.41) is 8.18. The zero-order chi connectivity index (χ0) is 9.52. The van der Waals surface area contributed by atoms with Crippen molar-refractivity contribution in [3.63, 3.8) is 0 Å². The quantitative estimate of drug-likeness (QED) is 0.557. The second kappa shape index (κ2) is 5.73. The summed E-state index contributed by atoms with van der Waals surface area (Å²) >= 11 is 0. The molecule has 2 nitrogen and oxygen atoms in total. The lowest BCUT2D eigenvalue weighted by atomic mass is 9.99. The topological polar surface area (TPSA) is 29.5 Å². The molecule has 0 aliphatic carbocycles. The zero-order valence-electron chi connectivity index (χ0n) is 7.94. The van der Waals surface area contributed by atoms with Crippen LogP contribution in [0.1, 0.15) is 18.9 Å². The fraction of sp³-hybridized carbons (Fsp3) is 0.455. The molecular weight excluding hydrogens is 164 g/mol. The van der Waals surface area contributed by atoms with Crippen molar-refractivity contribution in [1.82, 2.24) is 0 Å². The van der Waals surface area contributed by atoms with Gasteiger partial charge in [0.2, 0.25) is 0 Å². The molecule has 0 saturated carbocycles. The molecule has 0 unspecified atom stereocenters. The predicted octanol–water partition coefficient (Wildman–Crippen LogP) is 2.74. The number of rotatable bonds is 5. The second-order valence-electron chi connectivity index (χ2n) is 3.42. The summed E-state index contributed by atoms with van der Waals surface area (Å²) in [6.45, 7) is 2.58. The SMILES string of the molecule is C[C@H](CCOO)Cc1ccccc1. The van der Waals surface area contributed by atoms with Crippen LogP contribution in [-0.2, 0) is 11.3 Å². The van der Waals surface area contributed by atoms with Gasteiger partial charge in [-0.1, -0.05) is 37.3 Å². The maximum atomic E-state index is 8.18. The zero-order valence-corrected chi connectivity index (χ0v) is 7.94. The Bertz CT molecular complexity index is 221. The Hall–Kier alpha value is -0.860. The molecule has 1 aromatic carbocycles. The minimum absolute atomic E-state index is 0.425. The number of hydrogen-bond acceptors (Lipinski definition) is 2. The van der Waals surface area contributed by atoms with Gasteiger partial charge in [-0.05, 0) is 24.3 Å². The van der Waals surface area contributed by atoms with Crippen molar-refractivity contribution in [3.8, 4) is 0 Å². The number of hydrogen-bond donors (Lipinski definition) is 1. The third kappa shape index (κ3) is 4.06. The monoisotopic (exact) mass is 180 g/mol. The normalized spacial score (nSPS) is 12.8. The molecule has 2 heteroatoms. The van der Waals surface area contributed by atoms with Crippen molar-refractivity contribution in [2.75, 3.05) is 6.61 Å². The van der Waals surface area contributed by atoms with Gasteiger partial charge < -0.3 is 0 Å². The van der Waals surface area contributed by atoms with E-state index >= 15 is 0 Å². The van der Waals surface area contributed by atoms with Crippen molar-refractivity contribution in [3.05, 3.63) is 35.9 Å². The lowest BCUT2D eigenvalue weighted by Gasteiger charge is -2.09. The van der Waals surface area contributed by atoms with Gasteiger partial charge in [0.15, 0.2) is 0 Å². The first-order chi connectivity index (χ1) is 6.33. The van der Waals surface area contributed by atoms with Gasteiger partial charge >= 0.3 is 0 Å². The van der Waals surface area contributed by atoms with Gasteiger partial charge in [-0.25, -0.2) is 4.89 Å². The van der Waals surface area contributed by atoms with Crippen molar-refractivity contribution < 1.29 is 10.1 Å². The Morgan fingerprint density at radius 2 is 2.00 bits per heavy atom. The Balaban J connectivity index is 2.32. The average Bonchev–Trinajstić information content (AvgIpc) is 2.16. The second-order valence-corrected chi connectivity index (χ2v) is 3.42. The van der Waals surface area contributed by atoms with Gasteiger partial charge in [-0.3, -0.25) is 5.26 Å². The van der Waals surface area contributed by atoms with Gasteiger partial charge in [-0.15, -0.1) is 0 Å². The van der Waals surface area contributed by atoms with E-state index in [2.05, 4.69) is 23.9 Å². The van der Waals surface area contributed by atoms with Gasteiger partial charge in [0.25, 0.3) is 0 Å². The molecule has 72 valence electrons. The first-order valence-electron chi connectivity index (χ1n) is 4.63. The van der Waals surface area contributed by atoms with E-state index in [1.54, 1.807) is 0 Å². The summed E-state index contributed by atoms with van der Waals surface area (Å²) in [6, 6.07) is 10.4. The Kier molecular flexibility index (Phi) is 4.50. The fourth-order valence-corrected chi connectivity index (χ4v) is 1.37. The van der Waals surface area contributed by atoms with E-state index in [-0.39, 0.29) is 0 Å². The third-order valence-corrected chi connectivity index (χ3v) is 2.13. The molecule has 1 N–H and O–H groups in total. The number of benzene rings is 1. The summed E-state index contributed by atoms with van der Waals surface area (Å²) in [5.74, 6) is 0.551. The molecule has 0 fully saturated rings. The van der Waals surface area contributed by atoms with Crippen molar-refractivity contribution in [2.45, 2.75) is 19.8 Å². The van der Waals surface area contributed by atoms with Crippen LogP contribution in [0, 0.1) is 5.92 Å². The molecule has 0 aliphatic rings. The van der Waals surface area contributed by atoms with Crippen LogP contribution in [0.2, 0.25) is 0 Å². The van der Waals surface area contributed by atoms with Crippen LogP contribution in [0.5, 0.6) is 0 Å². The molecule has 0 bridgehead atoms. The lowest BCUT2D eigenvalue weighted by Crippen LogP contribution is -2.03. The molecule has 13 heavy (non-hydrogen) atoms. The lowest BCUT2D eigenvalue weighted by molar-refractivity contribution is -0.244. The summed E-state index contributed by atoms with van der Waals surface area (Å²) in [6.07, 6.45) is 1.94. The minimum Gasteiger partial charge on any atom is -0.252 e. The van der Waals surface area contributed by atoms with Crippen LogP contribution < -0.4 is 0 Å². The van der Waals surface area contributed by atoms with E-state index in [0.29, 0.717) is 12.5 Å². The highest BCUT2D eigenvalue weighted by atomic mass is 17.1. The van der Waals surface area contributed by atoms with Crippen LogP contribution in [0.3, 0.4) is 0 Å². The fourth-order valence-electron chi connectivity index (χ4n) is 1.37. The van der Waals surface area contributed by atoms with Crippen molar-refractivity contribution in [2.24, 2.45) is 5.92 Å². The maximum absolute atomic E-state index is 8.18. The van der Waals surface area contributed by atoms with Gasteiger partial charge in [0.1, 0.15) is 0 Å². The molecule has 0 spiro atoms. The first-order valence-corrected chi connectivity index (χ1v) is 4.63. The standard InChI is InChI=1S/C11H16O2/c1-10(7-8-13-12)9-11-5-3-2-4-6-11/h2-6,10,12H,7-9H2,1H3/t10-/m1/s1. The molecule has 1 atom stereocenters. The Labute approximate surface area is 79.1 Å². The molecule has 0 saturated heterocycles.